The van der Waals surface area contributed by atoms with Gasteiger partial charge in [0.25, 0.3) is 0 Å². The Labute approximate surface area is 83.9 Å². The molecule has 1 atom stereocenters. The van der Waals surface area contributed by atoms with Gasteiger partial charge in [0.1, 0.15) is 12.4 Å². The van der Waals surface area contributed by atoms with E-state index in [1.165, 1.54) is 0 Å². The van der Waals surface area contributed by atoms with Crippen LogP contribution in [0.2, 0.25) is 0 Å². The van der Waals surface area contributed by atoms with E-state index in [-0.39, 0.29) is 0 Å². The van der Waals surface area contributed by atoms with Gasteiger partial charge in [-0.05, 0) is 26.0 Å². The number of nitrogens with one attached hydrogen (secondary N) is 1. The van der Waals surface area contributed by atoms with E-state index in [1.54, 1.807) is 6.08 Å². The molecule has 1 N–H and O–H groups in total. The number of ether oxygens (including phenoxy) is 1. The summed E-state index contributed by atoms with van der Waals surface area (Å²) in [6.45, 7) is 8.28. The fraction of sp³-hybridized carbons (Fsp3) is 0.400. The molecular formula is C10H14ClNO. The van der Waals surface area contributed by atoms with E-state index >= 15 is 0 Å². The van der Waals surface area contributed by atoms with Gasteiger partial charge in [0.2, 0.25) is 0 Å². The Morgan fingerprint density at radius 1 is 1.77 bits per heavy atom. The normalized spacial score (nSPS) is 22.8. The van der Waals surface area contributed by atoms with Crippen LogP contribution in [0.25, 0.3) is 0 Å². The Kier molecular flexibility index (Phi) is 3.43. The molecule has 1 heterocycles. The third kappa shape index (κ3) is 3.15. The molecule has 0 amide bonds. The van der Waals surface area contributed by atoms with Crippen molar-refractivity contribution in [2.45, 2.75) is 19.9 Å². The first-order valence-electron chi connectivity index (χ1n) is 4.22. The van der Waals surface area contributed by atoms with Crippen LogP contribution in [-0.2, 0) is 4.74 Å². The predicted octanol–water partition coefficient (Wildman–Crippen LogP) is 2.53. The summed E-state index contributed by atoms with van der Waals surface area (Å²) in [7, 11) is 0. The maximum absolute atomic E-state index is 5.61. The van der Waals surface area contributed by atoms with E-state index in [0.29, 0.717) is 17.7 Å². The van der Waals surface area contributed by atoms with Crippen molar-refractivity contribution in [3.05, 3.63) is 35.2 Å². The van der Waals surface area contributed by atoms with Gasteiger partial charge in [-0.2, -0.15) is 0 Å². The van der Waals surface area contributed by atoms with Crippen molar-refractivity contribution >= 4 is 11.6 Å². The molecule has 2 nitrogen and oxygen atoms in total. The topological polar surface area (TPSA) is 21.3 Å². The lowest BCUT2D eigenvalue weighted by Crippen LogP contribution is -2.34. The minimum absolute atomic E-state index is 0.340. The van der Waals surface area contributed by atoms with Crippen LogP contribution in [-0.4, -0.2) is 12.6 Å². The van der Waals surface area contributed by atoms with Gasteiger partial charge in [-0.25, -0.2) is 0 Å². The minimum atomic E-state index is 0.340. The van der Waals surface area contributed by atoms with Crippen molar-refractivity contribution in [2.24, 2.45) is 0 Å². The second-order valence-corrected chi connectivity index (χ2v) is 3.59. The van der Waals surface area contributed by atoms with Crippen LogP contribution in [0.15, 0.2) is 35.2 Å². The van der Waals surface area contributed by atoms with Gasteiger partial charge in [0.05, 0.1) is 11.7 Å². The molecule has 1 unspecified atom stereocenters. The summed E-state index contributed by atoms with van der Waals surface area (Å²) in [4.78, 5) is 0. The highest BCUT2D eigenvalue weighted by molar-refractivity contribution is 6.30. The second kappa shape index (κ2) is 4.38. The Bertz CT molecular complexity index is 268. The molecule has 72 valence electrons. The van der Waals surface area contributed by atoms with E-state index in [0.717, 1.165) is 11.5 Å². The van der Waals surface area contributed by atoms with Crippen LogP contribution in [0, 0.1) is 0 Å². The standard InChI is InChI=1S/C10H14ClNO/c1-7(11)4-5-10-9(3)13-6-8(2)12-10/h4-5,8,12H,1,6H2,2-3H3/b5-4-. The highest BCUT2D eigenvalue weighted by atomic mass is 35.5. The fourth-order valence-corrected chi connectivity index (χ4v) is 1.14. The predicted molar refractivity (Wildman–Crippen MR) is 55.4 cm³/mol. The lowest BCUT2D eigenvalue weighted by molar-refractivity contribution is 0.166. The van der Waals surface area contributed by atoms with Crippen LogP contribution in [0.5, 0.6) is 0 Å². The van der Waals surface area contributed by atoms with Crippen LogP contribution in [0.3, 0.4) is 0 Å². The maximum Gasteiger partial charge on any atom is 0.116 e. The number of hydrogen-bond donors (Lipinski definition) is 1. The van der Waals surface area contributed by atoms with Crippen LogP contribution in [0.1, 0.15) is 13.8 Å². The molecule has 0 radical (unpaired) electrons. The number of hydrogen-bond acceptors (Lipinski definition) is 2. The molecule has 1 aliphatic heterocycles. The zero-order chi connectivity index (χ0) is 9.84. The highest BCUT2D eigenvalue weighted by Gasteiger charge is 2.12. The maximum atomic E-state index is 5.61. The third-order valence-electron chi connectivity index (χ3n) is 1.76. The van der Waals surface area contributed by atoms with E-state index in [1.807, 2.05) is 13.0 Å². The summed E-state index contributed by atoms with van der Waals surface area (Å²) in [5, 5.41) is 3.80. The summed E-state index contributed by atoms with van der Waals surface area (Å²) in [5.41, 5.74) is 0.973. The van der Waals surface area contributed by atoms with Gasteiger partial charge in [-0.3, -0.25) is 0 Å². The molecule has 0 fully saturated rings. The number of halogens is 1. The van der Waals surface area contributed by atoms with Gasteiger partial charge in [0.15, 0.2) is 0 Å². The van der Waals surface area contributed by atoms with Crippen LogP contribution in [0.4, 0.5) is 0 Å². The first-order valence-corrected chi connectivity index (χ1v) is 4.60. The number of rotatable bonds is 2. The molecule has 0 saturated carbocycles. The van der Waals surface area contributed by atoms with Gasteiger partial charge in [-0.15, -0.1) is 0 Å². The molecule has 0 spiro atoms. The van der Waals surface area contributed by atoms with Crippen molar-refractivity contribution in [1.29, 1.82) is 0 Å². The number of allylic oxidation sites excluding steroid dienone is 4. The lowest BCUT2D eigenvalue weighted by atomic mass is 10.2. The third-order valence-corrected chi connectivity index (χ3v) is 1.89. The quantitative estimate of drug-likeness (QED) is 0.691. The smallest absolute Gasteiger partial charge is 0.116 e. The summed E-state index contributed by atoms with van der Waals surface area (Å²) < 4.78 is 5.43. The summed E-state index contributed by atoms with van der Waals surface area (Å²) in [5.74, 6) is 0.896. The monoisotopic (exact) mass is 199 g/mol. The largest absolute Gasteiger partial charge is 0.494 e. The van der Waals surface area contributed by atoms with E-state index in [9.17, 15) is 0 Å². The van der Waals surface area contributed by atoms with Gasteiger partial charge in [-0.1, -0.05) is 18.2 Å². The SMILES string of the molecule is C=C(Cl)/C=C\C1=C(C)OCC(C)N1. The second-order valence-electron chi connectivity index (χ2n) is 3.11. The van der Waals surface area contributed by atoms with Crippen LogP contribution >= 0.6 is 11.6 Å². The van der Waals surface area contributed by atoms with Crippen molar-refractivity contribution in [3.8, 4) is 0 Å². The molecule has 0 aliphatic carbocycles. The molecule has 1 aliphatic rings. The molecule has 0 aromatic heterocycles. The Balaban J connectivity index is 2.71. The molecule has 0 aromatic rings. The Morgan fingerprint density at radius 3 is 3.08 bits per heavy atom. The zero-order valence-corrected chi connectivity index (χ0v) is 8.69. The fourth-order valence-electron chi connectivity index (χ4n) is 1.08. The Morgan fingerprint density at radius 2 is 2.46 bits per heavy atom. The van der Waals surface area contributed by atoms with E-state index in [2.05, 4.69) is 18.8 Å². The van der Waals surface area contributed by atoms with Gasteiger partial charge in [0, 0.05) is 5.03 Å². The van der Waals surface area contributed by atoms with Gasteiger partial charge >= 0.3 is 0 Å². The first-order chi connectivity index (χ1) is 6.09. The molecule has 1 rings (SSSR count). The highest BCUT2D eigenvalue weighted by Crippen LogP contribution is 2.13. The van der Waals surface area contributed by atoms with Crippen molar-refractivity contribution in [2.75, 3.05) is 6.61 Å². The van der Waals surface area contributed by atoms with Gasteiger partial charge < -0.3 is 10.1 Å². The van der Waals surface area contributed by atoms with Crippen molar-refractivity contribution in [3.63, 3.8) is 0 Å². The van der Waals surface area contributed by atoms with E-state index in [4.69, 9.17) is 16.3 Å². The molecular weight excluding hydrogens is 186 g/mol. The van der Waals surface area contributed by atoms with E-state index < -0.39 is 0 Å². The zero-order valence-electron chi connectivity index (χ0n) is 7.93. The van der Waals surface area contributed by atoms with Crippen molar-refractivity contribution in [1.82, 2.24) is 5.32 Å². The molecule has 0 bridgehead atoms. The summed E-state index contributed by atoms with van der Waals surface area (Å²) in [6, 6.07) is 0.340. The summed E-state index contributed by atoms with van der Waals surface area (Å²) >= 11 is 5.61. The molecule has 3 heteroatoms. The molecule has 0 aromatic carbocycles. The van der Waals surface area contributed by atoms with Crippen LogP contribution < -0.4 is 5.32 Å². The average Bonchev–Trinajstić information content (AvgIpc) is 2.06. The average molecular weight is 200 g/mol. The molecule has 13 heavy (non-hydrogen) atoms. The van der Waals surface area contributed by atoms with Crippen molar-refractivity contribution < 1.29 is 4.74 Å². The minimum Gasteiger partial charge on any atom is -0.494 e. The summed E-state index contributed by atoms with van der Waals surface area (Å²) in [6.07, 6.45) is 3.62. The lowest BCUT2D eigenvalue weighted by Gasteiger charge is -2.24. The Hall–Kier alpha value is -0.890. The first kappa shape index (κ1) is 10.2. The molecule has 0 saturated heterocycles.